The van der Waals surface area contributed by atoms with Crippen molar-refractivity contribution in [3.63, 3.8) is 0 Å². The molecule has 0 rings (SSSR count). The number of hydrogen-bond donors (Lipinski definition) is 3. The van der Waals surface area contributed by atoms with Crippen LogP contribution in [0.25, 0.3) is 0 Å². The second-order valence-corrected chi connectivity index (χ2v) is 2.89. The first-order valence-electron chi connectivity index (χ1n) is 2.55. The SMILES string of the molecule is O=P(OCO)(OCO)OCO. The quantitative estimate of drug-likeness (QED) is 0.362. The van der Waals surface area contributed by atoms with Crippen LogP contribution >= 0.6 is 7.82 Å². The highest BCUT2D eigenvalue weighted by Crippen LogP contribution is 2.48. The Morgan fingerprint density at radius 2 is 1.18 bits per heavy atom. The predicted octanol–water partition coefficient (Wildman–Crippen LogP) is -1.01. The first kappa shape index (κ1) is 11.0. The second-order valence-electron chi connectivity index (χ2n) is 1.22. The van der Waals surface area contributed by atoms with Gasteiger partial charge in [-0.05, 0) is 0 Å². The molecular weight excluding hydrogens is 179 g/mol. The zero-order valence-electron chi connectivity index (χ0n) is 5.54. The maximum absolute atomic E-state index is 10.9. The summed E-state index contributed by atoms with van der Waals surface area (Å²) in [5, 5.41) is 24.4. The van der Waals surface area contributed by atoms with Gasteiger partial charge in [0, 0.05) is 0 Å². The minimum atomic E-state index is -3.97. The molecule has 0 saturated heterocycles. The van der Waals surface area contributed by atoms with Crippen LogP contribution in [0, 0.1) is 0 Å². The highest BCUT2D eigenvalue weighted by atomic mass is 31.2. The van der Waals surface area contributed by atoms with Crippen molar-refractivity contribution in [2.45, 2.75) is 0 Å². The fourth-order valence-electron chi connectivity index (χ4n) is 0.324. The van der Waals surface area contributed by atoms with Crippen LogP contribution < -0.4 is 0 Å². The van der Waals surface area contributed by atoms with Gasteiger partial charge in [0.2, 0.25) is 0 Å². The summed E-state index contributed by atoms with van der Waals surface area (Å²) in [5.41, 5.74) is 0. The van der Waals surface area contributed by atoms with Crippen LogP contribution in [-0.4, -0.2) is 35.7 Å². The van der Waals surface area contributed by atoms with Gasteiger partial charge in [-0.15, -0.1) is 0 Å². The van der Waals surface area contributed by atoms with E-state index in [-0.39, 0.29) is 0 Å². The van der Waals surface area contributed by atoms with Crippen LogP contribution in [0.5, 0.6) is 0 Å². The molecule has 0 aliphatic heterocycles. The Hall–Kier alpha value is -0.0100. The summed E-state index contributed by atoms with van der Waals surface area (Å²) in [6.07, 6.45) is 0. The molecule has 7 nitrogen and oxygen atoms in total. The molecule has 0 aliphatic carbocycles. The Labute approximate surface area is 62.7 Å². The first-order valence-corrected chi connectivity index (χ1v) is 4.01. The molecule has 0 unspecified atom stereocenters. The van der Waals surface area contributed by atoms with E-state index in [0.717, 1.165) is 0 Å². The van der Waals surface area contributed by atoms with Crippen molar-refractivity contribution in [1.29, 1.82) is 0 Å². The Kier molecular flexibility index (Phi) is 5.61. The van der Waals surface area contributed by atoms with Crippen molar-refractivity contribution >= 4 is 7.82 Å². The molecule has 0 fully saturated rings. The van der Waals surface area contributed by atoms with Crippen molar-refractivity contribution in [1.82, 2.24) is 0 Å². The summed E-state index contributed by atoms with van der Waals surface area (Å²) in [5.74, 6) is 0. The van der Waals surface area contributed by atoms with E-state index in [1.165, 1.54) is 0 Å². The number of phosphoric acid groups is 1. The number of aliphatic hydroxyl groups is 3. The fraction of sp³-hybridized carbons (Fsp3) is 1.00. The largest absolute Gasteiger partial charge is 0.481 e. The van der Waals surface area contributed by atoms with Crippen molar-refractivity contribution in [2.75, 3.05) is 20.4 Å². The Morgan fingerprint density at radius 1 is 0.909 bits per heavy atom. The highest BCUT2D eigenvalue weighted by molar-refractivity contribution is 7.48. The van der Waals surface area contributed by atoms with Crippen LogP contribution in [0.3, 0.4) is 0 Å². The molecule has 0 radical (unpaired) electrons. The zero-order valence-corrected chi connectivity index (χ0v) is 6.44. The summed E-state index contributed by atoms with van der Waals surface area (Å²) >= 11 is 0. The number of phosphoric ester groups is 1. The number of hydrogen-bond acceptors (Lipinski definition) is 7. The van der Waals surface area contributed by atoms with Gasteiger partial charge in [-0.1, -0.05) is 0 Å². The molecule has 0 saturated carbocycles. The molecule has 0 aromatic heterocycles. The van der Waals surface area contributed by atoms with Crippen LogP contribution in [0.1, 0.15) is 0 Å². The monoisotopic (exact) mass is 188 g/mol. The van der Waals surface area contributed by atoms with Crippen LogP contribution in [0.4, 0.5) is 0 Å². The average molecular weight is 188 g/mol. The summed E-state index contributed by atoms with van der Waals surface area (Å²) in [4.78, 5) is 0. The van der Waals surface area contributed by atoms with Gasteiger partial charge in [-0.3, -0.25) is 13.6 Å². The van der Waals surface area contributed by atoms with E-state index in [1.54, 1.807) is 0 Å². The minimum Gasteiger partial charge on any atom is -0.370 e. The minimum absolute atomic E-state index is 0.892. The average Bonchev–Trinajstić information content (AvgIpc) is 1.88. The second kappa shape index (κ2) is 5.62. The fourth-order valence-corrected chi connectivity index (χ4v) is 0.972. The van der Waals surface area contributed by atoms with E-state index in [2.05, 4.69) is 13.6 Å². The lowest BCUT2D eigenvalue weighted by Gasteiger charge is -2.12. The Morgan fingerprint density at radius 3 is 1.36 bits per heavy atom. The molecule has 68 valence electrons. The third-order valence-electron chi connectivity index (χ3n) is 0.648. The van der Waals surface area contributed by atoms with E-state index >= 15 is 0 Å². The molecule has 0 aromatic carbocycles. The van der Waals surface area contributed by atoms with Crippen molar-refractivity contribution in [2.24, 2.45) is 0 Å². The molecule has 0 heterocycles. The molecule has 8 heteroatoms. The topological polar surface area (TPSA) is 105 Å². The van der Waals surface area contributed by atoms with E-state index in [9.17, 15) is 4.57 Å². The lowest BCUT2D eigenvalue weighted by Crippen LogP contribution is -2.02. The van der Waals surface area contributed by atoms with E-state index in [4.69, 9.17) is 15.3 Å². The van der Waals surface area contributed by atoms with E-state index in [1.807, 2.05) is 0 Å². The Balaban J connectivity index is 3.91. The summed E-state index contributed by atoms with van der Waals surface area (Å²) in [6, 6.07) is 0. The van der Waals surface area contributed by atoms with Crippen LogP contribution in [-0.2, 0) is 18.1 Å². The molecule has 3 N–H and O–H groups in total. The van der Waals surface area contributed by atoms with Gasteiger partial charge in [0.05, 0.1) is 0 Å². The summed E-state index contributed by atoms with van der Waals surface area (Å²) in [7, 11) is -3.97. The van der Waals surface area contributed by atoms with Crippen molar-refractivity contribution < 1.29 is 33.5 Å². The standard InChI is InChI=1S/C3H9O7P/c4-1-8-11(7,9-2-5)10-3-6/h4-6H,1-3H2. The molecule has 0 atom stereocenters. The van der Waals surface area contributed by atoms with E-state index in [0.29, 0.717) is 0 Å². The molecule has 0 spiro atoms. The van der Waals surface area contributed by atoms with Gasteiger partial charge >= 0.3 is 7.82 Å². The van der Waals surface area contributed by atoms with Gasteiger partial charge in [-0.25, -0.2) is 4.57 Å². The lowest BCUT2D eigenvalue weighted by molar-refractivity contribution is -0.0206. The Bertz CT molecular complexity index is 112. The third-order valence-corrected chi connectivity index (χ3v) is 1.94. The maximum atomic E-state index is 10.9. The number of aliphatic hydroxyl groups excluding tert-OH is 3. The normalized spacial score (nSPS) is 11.9. The maximum Gasteiger partial charge on any atom is 0.481 e. The predicted molar refractivity (Wildman–Crippen MR) is 32.1 cm³/mol. The number of rotatable bonds is 6. The smallest absolute Gasteiger partial charge is 0.370 e. The van der Waals surface area contributed by atoms with Crippen molar-refractivity contribution in [3.05, 3.63) is 0 Å². The van der Waals surface area contributed by atoms with Crippen molar-refractivity contribution in [3.8, 4) is 0 Å². The zero-order chi connectivity index (χ0) is 8.74. The van der Waals surface area contributed by atoms with Gasteiger partial charge in [0.25, 0.3) is 0 Å². The molecule has 11 heavy (non-hydrogen) atoms. The van der Waals surface area contributed by atoms with Gasteiger partial charge in [-0.2, -0.15) is 0 Å². The van der Waals surface area contributed by atoms with Gasteiger partial charge in [0.1, 0.15) is 0 Å². The van der Waals surface area contributed by atoms with Crippen LogP contribution in [0.15, 0.2) is 0 Å². The highest BCUT2D eigenvalue weighted by Gasteiger charge is 2.25. The lowest BCUT2D eigenvalue weighted by atomic mass is 11.6. The molecule has 0 aliphatic rings. The van der Waals surface area contributed by atoms with Gasteiger partial charge < -0.3 is 15.3 Å². The summed E-state index contributed by atoms with van der Waals surface area (Å²) in [6.45, 7) is -2.67. The van der Waals surface area contributed by atoms with Crippen LogP contribution in [0.2, 0.25) is 0 Å². The van der Waals surface area contributed by atoms with E-state index < -0.39 is 28.2 Å². The molecule has 0 amide bonds. The third kappa shape index (κ3) is 4.44. The summed E-state index contributed by atoms with van der Waals surface area (Å²) < 4.78 is 23.0. The molecule has 0 bridgehead atoms. The molecule has 0 aromatic rings. The van der Waals surface area contributed by atoms with Gasteiger partial charge in [0.15, 0.2) is 20.4 Å². The molecular formula is C3H9O7P. The first-order chi connectivity index (χ1) is 5.18.